The monoisotopic (exact) mass is 424 g/mol. The molecule has 1 aliphatic rings. The fraction of sp³-hybridized carbons (Fsp3) is 0.0400. The molecule has 7 heteroatoms. The second kappa shape index (κ2) is 7.31. The molecule has 5 rings (SSSR count). The second-order valence-electron chi connectivity index (χ2n) is 7.24. The number of ether oxygens (including phenoxy) is 1. The van der Waals surface area contributed by atoms with E-state index in [0.717, 1.165) is 4.90 Å². The molecule has 7 nitrogen and oxygen atoms in total. The molecule has 32 heavy (non-hydrogen) atoms. The average molecular weight is 424 g/mol. The third kappa shape index (κ3) is 2.75. The van der Waals surface area contributed by atoms with E-state index >= 15 is 0 Å². The van der Waals surface area contributed by atoms with Crippen molar-refractivity contribution in [1.29, 1.82) is 0 Å². The standard InChI is InChI=1S/C25H16N2O5/c1-32-25(31)16-12-13-26-18(14-16)19-20(21(26)22(28)15-8-4-2-5-9-15)24(30)27(23(19)29)17-10-6-3-7-11-17/h2-14H,1H3. The Balaban J connectivity index is 1.79. The van der Waals surface area contributed by atoms with Crippen LogP contribution in [0.3, 0.4) is 0 Å². The van der Waals surface area contributed by atoms with Gasteiger partial charge in [-0.2, -0.15) is 0 Å². The minimum atomic E-state index is -0.588. The van der Waals surface area contributed by atoms with Gasteiger partial charge in [0.25, 0.3) is 11.8 Å². The topological polar surface area (TPSA) is 85.2 Å². The van der Waals surface area contributed by atoms with Gasteiger partial charge in [-0.15, -0.1) is 0 Å². The van der Waals surface area contributed by atoms with E-state index in [1.54, 1.807) is 60.7 Å². The van der Waals surface area contributed by atoms with Gasteiger partial charge in [0, 0.05) is 11.8 Å². The number of ketones is 1. The number of benzene rings is 2. The van der Waals surface area contributed by atoms with Crippen molar-refractivity contribution < 1.29 is 23.9 Å². The highest BCUT2D eigenvalue weighted by atomic mass is 16.5. The summed E-state index contributed by atoms with van der Waals surface area (Å²) in [6, 6.07) is 20.0. The fourth-order valence-electron chi connectivity index (χ4n) is 4.00. The van der Waals surface area contributed by atoms with E-state index in [0.29, 0.717) is 16.8 Å². The molecule has 1 aliphatic heterocycles. The van der Waals surface area contributed by atoms with Crippen LogP contribution in [0.25, 0.3) is 5.52 Å². The summed E-state index contributed by atoms with van der Waals surface area (Å²) in [5, 5.41) is 0. The summed E-state index contributed by atoms with van der Waals surface area (Å²) in [5.74, 6) is -2.12. The summed E-state index contributed by atoms with van der Waals surface area (Å²) in [5.41, 5.74) is 1.47. The number of esters is 1. The van der Waals surface area contributed by atoms with Crippen LogP contribution in [-0.2, 0) is 4.74 Å². The zero-order chi connectivity index (χ0) is 22.4. The Morgan fingerprint density at radius 2 is 1.41 bits per heavy atom. The van der Waals surface area contributed by atoms with Crippen molar-refractivity contribution in [2.24, 2.45) is 0 Å². The van der Waals surface area contributed by atoms with Gasteiger partial charge in [-0.25, -0.2) is 9.69 Å². The van der Waals surface area contributed by atoms with Gasteiger partial charge in [-0.1, -0.05) is 48.5 Å². The number of rotatable bonds is 4. The Morgan fingerprint density at radius 1 is 0.781 bits per heavy atom. The molecule has 2 amide bonds. The first-order chi connectivity index (χ1) is 15.5. The Morgan fingerprint density at radius 3 is 2.06 bits per heavy atom. The number of amides is 2. The number of aromatic nitrogens is 1. The molecular formula is C25H16N2O5. The van der Waals surface area contributed by atoms with E-state index in [1.807, 2.05) is 0 Å². The average Bonchev–Trinajstić information content (AvgIpc) is 3.31. The molecule has 0 aliphatic carbocycles. The number of imide groups is 1. The normalized spacial score (nSPS) is 12.8. The molecule has 0 spiro atoms. The van der Waals surface area contributed by atoms with Crippen LogP contribution in [0.15, 0.2) is 79.0 Å². The summed E-state index contributed by atoms with van der Waals surface area (Å²) in [4.78, 5) is 53.5. The minimum absolute atomic E-state index is 0.0229. The molecule has 0 radical (unpaired) electrons. The highest BCUT2D eigenvalue weighted by Gasteiger charge is 2.44. The van der Waals surface area contributed by atoms with Gasteiger partial charge in [-0.05, 0) is 24.3 Å². The van der Waals surface area contributed by atoms with Crippen molar-refractivity contribution in [3.05, 3.63) is 107 Å². The molecule has 2 aromatic carbocycles. The molecule has 4 aromatic rings. The van der Waals surface area contributed by atoms with Gasteiger partial charge in [0.1, 0.15) is 5.69 Å². The lowest BCUT2D eigenvalue weighted by Crippen LogP contribution is -2.30. The Kier molecular flexibility index (Phi) is 4.44. The molecule has 156 valence electrons. The van der Waals surface area contributed by atoms with Crippen molar-refractivity contribution in [1.82, 2.24) is 4.40 Å². The number of anilines is 1. The molecule has 0 unspecified atom stereocenters. The molecule has 3 heterocycles. The number of hydrogen-bond donors (Lipinski definition) is 0. The van der Waals surface area contributed by atoms with E-state index in [4.69, 9.17) is 4.74 Å². The number of fused-ring (bicyclic) bond motifs is 3. The van der Waals surface area contributed by atoms with Gasteiger partial charge in [0.2, 0.25) is 5.78 Å². The number of carbonyl (C=O) groups is 4. The zero-order valence-corrected chi connectivity index (χ0v) is 16.9. The van der Waals surface area contributed by atoms with E-state index < -0.39 is 23.6 Å². The van der Waals surface area contributed by atoms with Gasteiger partial charge >= 0.3 is 5.97 Å². The maximum atomic E-state index is 13.5. The first kappa shape index (κ1) is 19.4. The zero-order valence-electron chi connectivity index (χ0n) is 16.9. The van der Waals surface area contributed by atoms with Crippen LogP contribution in [0.1, 0.15) is 47.1 Å². The lowest BCUT2D eigenvalue weighted by atomic mass is 10.0. The molecule has 0 atom stereocenters. The van der Waals surface area contributed by atoms with Crippen LogP contribution in [0.4, 0.5) is 5.69 Å². The van der Waals surface area contributed by atoms with E-state index in [-0.39, 0.29) is 22.4 Å². The van der Waals surface area contributed by atoms with Crippen LogP contribution in [-0.4, -0.2) is 35.1 Å². The van der Waals surface area contributed by atoms with E-state index in [9.17, 15) is 19.2 Å². The quantitative estimate of drug-likeness (QED) is 0.283. The summed E-state index contributed by atoms with van der Waals surface area (Å²) >= 11 is 0. The first-order valence-electron chi connectivity index (χ1n) is 9.83. The van der Waals surface area contributed by atoms with E-state index in [1.165, 1.54) is 29.8 Å². The number of nitrogens with zero attached hydrogens (tertiary/aromatic N) is 2. The third-order valence-corrected chi connectivity index (χ3v) is 5.46. The van der Waals surface area contributed by atoms with Gasteiger partial charge < -0.3 is 9.14 Å². The summed E-state index contributed by atoms with van der Waals surface area (Å²) in [6.07, 6.45) is 1.50. The Bertz CT molecular complexity index is 1420. The van der Waals surface area contributed by atoms with Crippen LogP contribution in [0.5, 0.6) is 0 Å². The predicted molar refractivity (Wildman–Crippen MR) is 116 cm³/mol. The smallest absolute Gasteiger partial charge is 0.337 e. The lowest BCUT2D eigenvalue weighted by Gasteiger charge is -2.15. The first-order valence-corrected chi connectivity index (χ1v) is 9.83. The Labute approximate surface area is 182 Å². The lowest BCUT2D eigenvalue weighted by molar-refractivity contribution is 0.0600. The van der Waals surface area contributed by atoms with Crippen molar-refractivity contribution >= 4 is 34.8 Å². The maximum absolute atomic E-state index is 13.5. The number of para-hydroxylation sites is 1. The molecule has 2 aromatic heterocycles. The molecule has 0 saturated carbocycles. The second-order valence-corrected chi connectivity index (χ2v) is 7.24. The minimum Gasteiger partial charge on any atom is -0.465 e. The predicted octanol–water partition coefficient (Wildman–Crippen LogP) is 3.76. The number of hydrogen-bond acceptors (Lipinski definition) is 5. The van der Waals surface area contributed by atoms with Crippen molar-refractivity contribution in [3.63, 3.8) is 0 Å². The van der Waals surface area contributed by atoms with Crippen LogP contribution in [0.2, 0.25) is 0 Å². The van der Waals surface area contributed by atoms with Gasteiger partial charge in [0.05, 0.1) is 35.0 Å². The number of methoxy groups -OCH3 is 1. The molecule has 0 saturated heterocycles. The molecule has 0 bridgehead atoms. The highest BCUT2D eigenvalue weighted by Crippen LogP contribution is 2.36. The fourth-order valence-corrected chi connectivity index (χ4v) is 4.00. The molecule has 0 N–H and O–H groups in total. The van der Waals surface area contributed by atoms with Crippen molar-refractivity contribution in [2.75, 3.05) is 12.0 Å². The van der Waals surface area contributed by atoms with Crippen molar-refractivity contribution in [3.8, 4) is 0 Å². The van der Waals surface area contributed by atoms with Crippen LogP contribution < -0.4 is 4.90 Å². The Hall–Kier alpha value is -4.52. The van der Waals surface area contributed by atoms with Crippen LogP contribution >= 0.6 is 0 Å². The molecular weight excluding hydrogens is 408 g/mol. The number of pyridine rings is 1. The maximum Gasteiger partial charge on any atom is 0.337 e. The highest BCUT2D eigenvalue weighted by molar-refractivity contribution is 6.39. The SMILES string of the molecule is COC(=O)c1ccn2c(C(=O)c3ccccc3)c3c(c2c1)C(=O)N(c1ccccc1)C3=O. The van der Waals surface area contributed by atoms with E-state index in [2.05, 4.69) is 0 Å². The largest absolute Gasteiger partial charge is 0.465 e. The molecule has 0 fully saturated rings. The van der Waals surface area contributed by atoms with Crippen molar-refractivity contribution in [2.45, 2.75) is 0 Å². The van der Waals surface area contributed by atoms with Gasteiger partial charge in [-0.3, -0.25) is 14.4 Å². The number of carbonyl (C=O) groups excluding carboxylic acids is 4. The third-order valence-electron chi connectivity index (χ3n) is 5.46. The summed E-state index contributed by atoms with van der Waals surface area (Å²) in [6.45, 7) is 0. The van der Waals surface area contributed by atoms with Crippen LogP contribution in [0, 0.1) is 0 Å². The summed E-state index contributed by atoms with van der Waals surface area (Å²) in [7, 11) is 1.26. The summed E-state index contributed by atoms with van der Waals surface area (Å²) < 4.78 is 6.28. The van der Waals surface area contributed by atoms with Gasteiger partial charge in [0.15, 0.2) is 0 Å².